The number of sulfonamides is 1. The fraction of sp³-hybridized carbons (Fsp3) is 0.350. The third kappa shape index (κ3) is 5.00. The van der Waals surface area contributed by atoms with Crippen LogP contribution in [-0.4, -0.2) is 20.5 Å². The van der Waals surface area contributed by atoms with E-state index in [-0.39, 0.29) is 6.04 Å². The molecule has 0 saturated heterocycles. The van der Waals surface area contributed by atoms with Crippen LogP contribution >= 0.6 is 22.7 Å². The van der Waals surface area contributed by atoms with Crippen molar-refractivity contribution in [2.75, 3.05) is 7.11 Å². The van der Waals surface area contributed by atoms with Gasteiger partial charge in [-0.05, 0) is 43.0 Å². The van der Waals surface area contributed by atoms with Crippen molar-refractivity contribution in [3.05, 3.63) is 52.3 Å². The lowest BCUT2D eigenvalue weighted by molar-refractivity contribution is 0.414. The van der Waals surface area contributed by atoms with Gasteiger partial charge in [0.05, 0.1) is 12.8 Å². The highest BCUT2D eigenvalue weighted by molar-refractivity contribution is 7.91. The molecule has 0 radical (unpaired) electrons. The van der Waals surface area contributed by atoms with Gasteiger partial charge in [-0.1, -0.05) is 26.0 Å². The predicted octanol–water partition coefficient (Wildman–Crippen LogP) is 5.12. The van der Waals surface area contributed by atoms with E-state index in [1.54, 1.807) is 24.5 Å². The van der Waals surface area contributed by atoms with Crippen molar-refractivity contribution in [2.45, 2.75) is 37.4 Å². The highest BCUT2D eigenvalue weighted by Gasteiger charge is 2.21. The van der Waals surface area contributed by atoms with Crippen molar-refractivity contribution >= 4 is 32.7 Å². The van der Waals surface area contributed by atoms with Crippen LogP contribution in [-0.2, 0) is 16.4 Å². The Morgan fingerprint density at radius 1 is 1.11 bits per heavy atom. The molecule has 2 aromatic heterocycles. The first-order valence-electron chi connectivity index (χ1n) is 8.98. The SMILES string of the molecule is COc1ccc([C@@H](C)NS(=O)(=O)c2cc(-c3nc(CC(C)C)cs3)cs2)cc1. The topological polar surface area (TPSA) is 68.3 Å². The first kappa shape index (κ1) is 21.0. The summed E-state index contributed by atoms with van der Waals surface area (Å²) in [5, 5.41) is 4.76. The van der Waals surface area contributed by atoms with Crippen LogP contribution in [0.3, 0.4) is 0 Å². The number of thiazole rings is 1. The first-order chi connectivity index (χ1) is 13.3. The Balaban J connectivity index is 1.74. The number of methoxy groups -OCH3 is 1. The summed E-state index contributed by atoms with van der Waals surface area (Å²) in [6, 6.07) is 8.71. The van der Waals surface area contributed by atoms with E-state index in [0.717, 1.165) is 34.0 Å². The molecule has 150 valence electrons. The van der Waals surface area contributed by atoms with Crippen LogP contribution in [0.15, 0.2) is 45.3 Å². The Morgan fingerprint density at radius 3 is 2.46 bits per heavy atom. The summed E-state index contributed by atoms with van der Waals surface area (Å²) in [6.45, 7) is 6.14. The quantitative estimate of drug-likeness (QED) is 0.532. The van der Waals surface area contributed by atoms with Gasteiger partial charge in [0, 0.05) is 22.4 Å². The van der Waals surface area contributed by atoms with Crippen LogP contribution in [0.4, 0.5) is 0 Å². The van der Waals surface area contributed by atoms with Gasteiger partial charge in [0.25, 0.3) is 10.0 Å². The van der Waals surface area contributed by atoms with Crippen LogP contribution in [0, 0.1) is 5.92 Å². The normalized spacial score (nSPS) is 13.0. The smallest absolute Gasteiger partial charge is 0.250 e. The maximum absolute atomic E-state index is 12.8. The largest absolute Gasteiger partial charge is 0.497 e. The molecule has 0 amide bonds. The van der Waals surface area contributed by atoms with Crippen LogP contribution in [0.1, 0.15) is 38.1 Å². The minimum Gasteiger partial charge on any atom is -0.497 e. The van der Waals surface area contributed by atoms with E-state index in [4.69, 9.17) is 4.74 Å². The molecule has 3 rings (SSSR count). The van der Waals surface area contributed by atoms with Gasteiger partial charge >= 0.3 is 0 Å². The molecule has 0 spiro atoms. The molecule has 0 bridgehead atoms. The van der Waals surface area contributed by atoms with E-state index >= 15 is 0 Å². The van der Waals surface area contributed by atoms with E-state index in [9.17, 15) is 8.42 Å². The Hall–Kier alpha value is -1.74. The van der Waals surface area contributed by atoms with Crippen LogP contribution in [0.2, 0.25) is 0 Å². The van der Waals surface area contributed by atoms with Crippen LogP contribution in [0.5, 0.6) is 5.75 Å². The molecule has 1 aromatic carbocycles. The Kier molecular flexibility index (Phi) is 6.54. The van der Waals surface area contributed by atoms with Crippen molar-refractivity contribution in [2.24, 2.45) is 5.92 Å². The summed E-state index contributed by atoms with van der Waals surface area (Å²) in [7, 11) is -2.01. The molecule has 28 heavy (non-hydrogen) atoms. The van der Waals surface area contributed by atoms with Gasteiger partial charge in [-0.2, -0.15) is 0 Å². The molecule has 0 unspecified atom stereocenters. The van der Waals surface area contributed by atoms with Crippen molar-refractivity contribution in [1.29, 1.82) is 0 Å². The number of aromatic nitrogens is 1. The number of ether oxygens (including phenoxy) is 1. The van der Waals surface area contributed by atoms with E-state index < -0.39 is 10.0 Å². The molecular formula is C20H24N2O3S3. The fourth-order valence-corrected chi connectivity index (χ4v) is 6.08. The molecule has 0 aliphatic carbocycles. The standard InChI is InChI=1S/C20H24N2O3S3/c1-13(2)9-17-12-27-20(21-17)16-10-19(26-11-16)28(23,24)22-14(3)15-5-7-18(25-4)8-6-15/h5-8,10-14,22H,9H2,1-4H3/t14-/m1/s1. The molecule has 8 heteroatoms. The zero-order valence-corrected chi connectivity index (χ0v) is 18.7. The number of benzene rings is 1. The monoisotopic (exact) mass is 436 g/mol. The lowest BCUT2D eigenvalue weighted by Crippen LogP contribution is -2.26. The van der Waals surface area contributed by atoms with Gasteiger partial charge in [0.15, 0.2) is 0 Å². The van der Waals surface area contributed by atoms with Gasteiger partial charge in [-0.25, -0.2) is 18.1 Å². The summed E-state index contributed by atoms with van der Waals surface area (Å²) in [4.78, 5) is 4.64. The maximum atomic E-state index is 12.8. The van der Waals surface area contributed by atoms with Crippen molar-refractivity contribution in [1.82, 2.24) is 9.71 Å². The van der Waals surface area contributed by atoms with Gasteiger partial charge in [-0.15, -0.1) is 22.7 Å². The summed E-state index contributed by atoms with van der Waals surface area (Å²) in [5.41, 5.74) is 2.78. The third-order valence-electron chi connectivity index (χ3n) is 4.20. The number of thiophene rings is 1. The second kappa shape index (κ2) is 8.73. The van der Waals surface area contributed by atoms with Gasteiger partial charge in [0.1, 0.15) is 15.0 Å². The lowest BCUT2D eigenvalue weighted by atomic mass is 10.1. The minimum absolute atomic E-state index is 0.295. The molecule has 1 N–H and O–H groups in total. The lowest BCUT2D eigenvalue weighted by Gasteiger charge is -2.14. The second-order valence-corrected chi connectivity index (χ2v) is 10.7. The first-order valence-corrected chi connectivity index (χ1v) is 12.2. The van der Waals surface area contributed by atoms with E-state index in [1.807, 2.05) is 41.9 Å². The molecule has 1 atom stereocenters. The zero-order chi connectivity index (χ0) is 20.3. The van der Waals surface area contributed by atoms with Crippen molar-refractivity contribution in [3.63, 3.8) is 0 Å². The Morgan fingerprint density at radius 2 is 1.82 bits per heavy atom. The molecule has 0 aliphatic rings. The number of nitrogens with one attached hydrogen (secondary N) is 1. The van der Waals surface area contributed by atoms with Crippen molar-refractivity contribution in [3.8, 4) is 16.3 Å². The number of hydrogen-bond donors (Lipinski definition) is 1. The summed E-state index contributed by atoms with van der Waals surface area (Å²) in [5.74, 6) is 1.28. The number of rotatable bonds is 8. The average Bonchev–Trinajstić information content (AvgIpc) is 3.30. The van der Waals surface area contributed by atoms with E-state index in [1.165, 1.54) is 11.3 Å². The number of hydrogen-bond acceptors (Lipinski definition) is 6. The van der Waals surface area contributed by atoms with Crippen molar-refractivity contribution < 1.29 is 13.2 Å². The highest BCUT2D eigenvalue weighted by Crippen LogP contribution is 2.32. The molecule has 5 nitrogen and oxygen atoms in total. The summed E-state index contributed by atoms with van der Waals surface area (Å²) >= 11 is 2.77. The second-order valence-electron chi connectivity index (χ2n) is 7.01. The minimum atomic E-state index is -3.61. The Bertz CT molecular complexity index is 1020. The van der Waals surface area contributed by atoms with Crippen LogP contribution in [0.25, 0.3) is 10.6 Å². The molecular weight excluding hydrogens is 412 g/mol. The van der Waals surface area contributed by atoms with Crippen LogP contribution < -0.4 is 9.46 Å². The zero-order valence-electron chi connectivity index (χ0n) is 16.3. The molecule has 0 fully saturated rings. The predicted molar refractivity (Wildman–Crippen MR) is 116 cm³/mol. The molecule has 3 aromatic rings. The van der Waals surface area contributed by atoms with Gasteiger partial charge in [-0.3, -0.25) is 0 Å². The molecule has 0 aliphatic heterocycles. The van der Waals surface area contributed by atoms with E-state index in [0.29, 0.717) is 10.1 Å². The fourth-order valence-electron chi connectivity index (χ4n) is 2.77. The summed E-state index contributed by atoms with van der Waals surface area (Å²) in [6.07, 6.45) is 0.923. The molecule has 2 heterocycles. The molecule has 0 saturated carbocycles. The van der Waals surface area contributed by atoms with Gasteiger partial charge in [0.2, 0.25) is 0 Å². The maximum Gasteiger partial charge on any atom is 0.250 e. The Labute approximate surface area is 174 Å². The summed E-state index contributed by atoms with van der Waals surface area (Å²) < 4.78 is 33.8. The number of nitrogens with zero attached hydrogens (tertiary/aromatic N) is 1. The average molecular weight is 437 g/mol. The van der Waals surface area contributed by atoms with Gasteiger partial charge < -0.3 is 4.74 Å². The van der Waals surface area contributed by atoms with E-state index in [2.05, 4.69) is 23.6 Å². The highest BCUT2D eigenvalue weighted by atomic mass is 32.2. The third-order valence-corrected chi connectivity index (χ3v) is 8.12.